The maximum atomic E-state index is 12.6. The van der Waals surface area contributed by atoms with Crippen LogP contribution in [0.15, 0.2) is 66.9 Å². The average molecular weight is 434 g/mol. The van der Waals surface area contributed by atoms with Gasteiger partial charge in [-0.1, -0.05) is 48.5 Å². The molecule has 1 aliphatic rings. The summed E-state index contributed by atoms with van der Waals surface area (Å²) in [6.07, 6.45) is 3.03. The Labute approximate surface area is 187 Å². The van der Waals surface area contributed by atoms with Crippen molar-refractivity contribution < 1.29 is 19.1 Å². The van der Waals surface area contributed by atoms with Crippen LogP contribution < -0.4 is 0 Å². The fourth-order valence-corrected chi connectivity index (χ4v) is 4.26. The maximum Gasteiger partial charge on any atom is 0.323 e. The van der Waals surface area contributed by atoms with E-state index in [0.29, 0.717) is 25.9 Å². The van der Waals surface area contributed by atoms with Crippen molar-refractivity contribution in [3.63, 3.8) is 0 Å². The molecule has 0 aliphatic carbocycles. The van der Waals surface area contributed by atoms with Gasteiger partial charge in [-0.3, -0.25) is 14.5 Å². The van der Waals surface area contributed by atoms with Gasteiger partial charge in [-0.25, -0.2) is 4.68 Å². The second kappa shape index (κ2) is 9.78. The van der Waals surface area contributed by atoms with Gasteiger partial charge in [0.1, 0.15) is 6.04 Å². The van der Waals surface area contributed by atoms with E-state index in [2.05, 4.69) is 4.90 Å². The van der Waals surface area contributed by atoms with E-state index in [-0.39, 0.29) is 17.9 Å². The molecule has 3 aromatic rings. The molecule has 4 rings (SSSR count). The molecule has 0 spiro atoms. The highest BCUT2D eigenvalue weighted by molar-refractivity contribution is 5.78. The van der Waals surface area contributed by atoms with Crippen LogP contribution in [0.5, 0.6) is 0 Å². The number of likely N-dealkylation sites (tertiary alicyclic amines) is 1. The van der Waals surface area contributed by atoms with Gasteiger partial charge in [-0.05, 0) is 25.0 Å². The van der Waals surface area contributed by atoms with Gasteiger partial charge in [0.25, 0.3) is 0 Å². The molecule has 0 saturated carbocycles. The average Bonchev–Trinajstić information content (AvgIpc) is 3.28. The van der Waals surface area contributed by atoms with E-state index in [1.807, 2.05) is 71.5 Å². The van der Waals surface area contributed by atoms with E-state index in [4.69, 9.17) is 14.6 Å². The lowest BCUT2D eigenvalue weighted by Gasteiger charge is -2.36. The fraction of sp³-hybridized carbons (Fsp3) is 0.320. The van der Waals surface area contributed by atoms with Crippen LogP contribution in [-0.2, 0) is 25.6 Å². The molecule has 2 heterocycles. The molecule has 0 amide bonds. The number of ether oxygens (including phenoxy) is 2. The Bertz CT molecular complexity index is 1070. The monoisotopic (exact) mass is 433 g/mol. The van der Waals surface area contributed by atoms with Gasteiger partial charge in [-0.15, -0.1) is 0 Å². The lowest BCUT2D eigenvalue weighted by atomic mass is 9.90. The molecule has 1 saturated heterocycles. The van der Waals surface area contributed by atoms with Gasteiger partial charge in [0.15, 0.2) is 0 Å². The summed E-state index contributed by atoms with van der Waals surface area (Å²) >= 11 is 0. The largest absolute Gasteiger partial charge is 0.469 e. The first-order valence-electron chi connectivity index (χ1n) is 10.7. The number of carbonyl (C=O) groups excluding carboxylic acids is 2. The van der Waals surface area contributed by atoms with Gasteiger partial charge in [0.05, 0.1) is 31.5 Å². The van der Waals surface area contributed by atoms with Crippen LogP contribution in [0.3, 0.4) is 0 Å². The van der Waals surface area contributed by atoms with E-state index < -0.39 is 6.04 Å². The normalized spacial score (nSPS) is 18.8. The SMILES string of the molecule is COC(=O)[C@H]1CCN(Cc2cn(-c3ccccc3)nc2-c2ccccc2)[C@@H](C(=O)OC)C1. The lowest BCUT2D eigenvalue weighted by Crippen LogP contribution is -2.48. The molecule has 32 heavy (non-hydrogen) atoms. The molecule has 0 N–H and O–H groups in total. The van der Waals surface area contributed by atoms with Crippen molar-refractivity contribution in [2.24, 2.45) is 5.92 Å². The van der Waals surface area contributed by atoms with Crippen molar-refractivity contribution >= 4 is 11.9 Å². The van der Waals surface area contributed by atoms with Crippen molar-refractivity contribution in [3.05, 3.63) is 72.4 Å². The number of methoxy groups -OCH3 is 2. The standard InChI is InChI=1S/C25H27N3O4/c1-31-24(29)19-13-14-27(22(15-19)25(30)32-2)16-20-17-28(21-11-7-4-8-12-21)26-23(20)18-9-5-3-6-10-18/h3-12,17,19,22H,13-16H2,1-2H3/t19-,22+/m0/s1. The van der Waals surface area contributed by atoms with Crippen LogP contribution in [-0.4, -0.2) is 53.4 Å². The molecule has 7 heteroatoms. The summed E-state index contributed by atoms with van der Waals surface area (Å²) < 4.78 is 11.8. The number of hydrogen-bond donors (Lipinski definition) is 0. The highest BCUT2D eigenvalue weighted by atomic mass is 16.5. The second-order valence-corrected chi connectivity index (χ2v) is 7.90. The van der Waals surface area contributed by atoms with Crippen molar-refractivity contribution in [1.82, 2.24) is 14.7 Å². The molecule has 1 fully saturated rings. The maximum absolute atomic E-state index is 12.6. The fourth-order valence-electron chi connectivity index (χ4n) is 4.26. The minimum atomic E-state index is -0.512. The zero-order chi connectivity index (χ0) is 22.5. The third-order valence-corrected chi connectivity index (χ3v) is 5.95. The predicted molar refractivity (Wildman–Crippen MR) is 120 cm³/mol. The Morgan fingerprint density at radius 2 is 1.62 bits per heavy atom. The number of nitrogens with zero attached hydrogens (tertiary/aromatic N) is 3. The number of benzene rings is 2. The summed E-state index contributed by atoms with van der Waals surface area (Å²) in [5, 5.41) is 4.86. The molecule has 7 nitrogen and oxygen atoms in total. The number of piperidine rings is 1. The molecule has 2 atom stereocenters. The minimum absolute atomic E-state index is 0.277. The number of aromatic nitrogens is 2. The first-order chi connectivity index (χ1) is 15.6. The summed E-state index contributed by atoms with van der Waals surface area (Å²) in [4.78, 5) is 26.7. The van der Waals surface area contributed by atoms with Crippen LogP contribution in [0.1, 0.15) is 18.4 Å². The Morgan fingerprint density at radius 1 is 0.969 bits per heavy atom. The molecule has 1 aromatic heterocycles. The van der Waals surface area contributed by atoms with E-state index >= 15 is 0 Å². The Kier molecular flexibility index (Phi) is 6.66. The highest BCUT2D eigenvalue weighted by Gasteiger charge is 2.38. The van der Waals surface area contributed by atoms with E-state index in [1.165, 1.54) is 14.2 Å². The summed E-state index contributed by atoms with van der Waals surface area (Å²) in [7, 11) is 2.76. The number of carbonyl (C=O) groups is 2. The number of para-hydroxylation sites is 1. The summed E-state index contributed by atoms with van der Waals surface area (Å²) in [5.41, 5.74) is 3.85. The zero-order valence-electron chi connectivity index (χ0n) is 18.3. The van der Waals surface area contributed by atoms with Crippen molar-refractivity contribution in [1.29, 1.82) is 0 Å². The van der Waals surface area contributed by atoms with Crippen LogP contribution >= 0.6 is 0 Å². The topological polar surface area (TPSA) is 73.7 Å². The number of esters is 2. The smallest absolute Gasteiger partial charge is 0.323 e. The number of hydrogen-bond acceptors (Lipinski definition) is 6. The first kappa shape index (κ1) is 21.8. The van der Waals surface area contributed by atoms with Crippen molar-refractivity contribution in [2.45, 2.75) is 25.4 Å². The van der Waals surface area contributed by atoms with Gasteiger partial charge < -0.3 is 9.47 Å². The molecular formula is C25H27N3O4. The Morgan fingerprint density at radius 3 is 2.28 bits per heavy atom. The molecular weight excluding hydrogens is 406 g/mol. The molecule has 0 radical (unpaired) electrons. The molecule has 166 valence electrons. The number of rotatable bonds is 6. The van der Waals surface area contributed by atoms with Gasteiger partial charge in [0.2, 0.25) is 0 Å². The summed E-state index contributed by atoms with van der Waals surface area (Å²) in [6, 6.07) is 19.4. The van der Waals surface area contributed by atoms with Crippen LogP contribution in [0.4, 0.5) is 0 Å². The summed E-state index contributed by atoms with van der Waals surface area (Å²) in [5.74, 6) is -0.920. The van der Waals surface area contributed by atoms with Gasteiger partial charge >= 0.3 is 11.9 Å². The molecule has 1 aliphatic heterocycles. The Balaban J connectivity index is 1.67. The lowest BCUT2D eigenvalue weighted by molar-refractivity contribution is -0.154. The van der Waals surface area contributed by atoms with Crippen LogP contribution in [0, 0.1) is 5.92 Å². The Hall–Kier alpha value is -3.45. The van der Waals surface area contributed by atoms with Crippen LogP contribution in [0.25, 0.3) is 16.9 Å². The predicted octanol–water partition coefficient (Wildman–Crippen LogP) is 3.47. The third-order valence-electron chi connectivity index (χ3n) is 5.95. The first-order valence-corrected chi connectivity index (χ1v) is 10.7. The second-order valence-electron chi connectivity index (χ2n) is 7.90. The van der Waals surface area contributed by atoms with E-state index in [1.54, 1.807) is 0 Å². The van der Waals surface area contributed by atoms with Crippen molar-refractivity contribution in [3.8, 4) is 16.9 Å². The van der Waals surface area contributed by atoms with Crippen LogP contribution in [0.2, 0.25) is 0 Å². The molecule has 0 unspecified atom stereocenters. The van der Waals surface area contributed by atoms with E-state index in [0.717, 1.165) is 22.5 Å². The quantitative estimate of drug-likeness (QED) is 0.555. The zero-order valence-corrected chi connectivity index (χ0v) is 18.3. The van der Waals surface area contributed by atoms with E-state index in [9.17, 15) is 9.59 Å². The highest BCUT2D eigenvalue weighted by Crippen LogP contribution is 2.30. The minimum Gasteiger partial charge on any atom is -0.469 e. The summed E-state index contributed by atoms with van der Waals surface area (Å²) in [6.45, 7) is 1.11. The van der Waals surface area contributed by atoms with Crippen molar-refractivity contribution in [2.75, 3.05) is 20.8 Å². The van der Waals surface area contributed by atoms with Gasteiger partial charge in [0, 0.05) is 30.4 Å². The molecule has 2 aromatic carbocycles. The third kappa shape index (κ3) is 4.57. The van der Waals surface area contributed by atoms with Gasteiger partial charge in [-0.2, -0.15) is 5.10 Å². The molecule has 0 bridgehead atoms.